The lowest BCUT2D eigenvalue weighted by molar-refractivity contribution is -0.124. The van der Waals surface area contributed by atoms with Crippen LogP contribution in [-0.4, -0.2) is 48.4 Å². The van der Waals surface area contributed by atoms with Crippen molar-refractivity contribution in [2.24, 2.45) is 5.92 Å². The summed E-state index contributed by atoms with van der Waals surface area (Å²) in [5, 5.41) is 3.07. The molecule has 1 fully saturated rings. The van der Waals surface area contributed by atoms with E-state index in [4.69, 9.17) is 0 Å². The van der Waals surface area contributed by atoms with Crippen molar-refractivity contribution in [3.05, 3.63) is 71.0 Å². The quantitative estimate of drug-likeness (QED) is 0.741. The standard InChI is InChI=1S/C24H32FN3O/c1-3-27-11-13-28(14-12-27)18-22-9-5-4-8-21(22)17-26-24(29)19(2)15-20-7-6-10-23(25)16-20/h4-10,16,19H,3,11-15,17-18H2,1-2H3,(H,26,29). The molecule has 0 bridgehead atoms. The number of piperazine rings is 1. The van der Waals surface area contributed by atoms with Gasteiger partial charge in [-0.3, -0.25) is 9.69 Å². The number of carbonyl (C=O) groups excluding carboxylic acids is 1. The molecular formula is C24H32FN3O. The normalized spacial score (nSPS) is 16.5. The molecule has 0 saturated carbocycles. The molecule has 29 heavy (non-hydrogen) atoms. The fraction of sp³-hybridized carbons (Fsp3) is 0.458. The largest absolute Gasteiger partial charge is 0.352 e. The highest BCUT2D eigenvalue weighted by Crippen LogP contribution is 2.15. The Morgan fingerprint density at radius 1 is 1.03 bits per heavy atom. The van der Waals surface area contributed by atoms with Crippen molar-refractivity contribution in [3.63, 3.8) is 0 Å². The monoisotopic (exact) mass is 397 g/mol. The Kier molecular flexibility index (Phi) is 7.78. The zero-order valence-electron chi connectivity index (χ0n) is 17.5. The summed E-state index contributed by atoms with van der Waals surface area (Å²) in [6.45, 7) is 11.1. The molecule has 4 nitrogen and oxygen atoms in total. The first kappa shape index (κ1) is 21.5. The van der Waals surface area contributed by atoms with E-state index in [1.165, 1.54) is 17.7 Å². The predicted molar refractivity (Wildman–Crippen MR) is 115 cm³/mol. The van der Waals surface area contributed by atoms with Gasteiger partial charge in [0.2, 0.25) is 5.91 Å². The second kappa shape index (κ2) is 10.5. The first-order chi connectivity index (χ1) is 14.0. The number of nitrogens with one attached hydrogen (secondary N) is 1. The van der Waals surface area contributed by atoms with Crippen molar-refractivity contribution in [1.82, 2.24) is 15.1 Å². The molecule has 0 aliphatic carbocycles. The molecule has 0 aromatic heterocycles. The Bertz CT molecular complexity index is 802. The second-order valence-corrected chi connectivity index (χ2v) is 7.93. The van der Waals surface area contributed by atoms with Gasteiger partial charge in [-0.15, -0.1) is 0 Å². The van der Waals surface area contributed by atoms with Crippen molar-refractivity contribution >= 4 is 5.91 Å². The third-order valence-electron chi connectivity index (χ3n) is 5.76. The lowest BCUT2D eigenvalue weighted by Gasteiger charge is -2.34. The van der Waals surface area contributed by atoms with Gasteiger partial charge in [-0.25, -0.2) is 4.39 Å². The zero-order chi connectivity index (χ0) is 20.6. The Hall–Kier alpha value is -2.24. The van der Waals surface area contributed by atoms with E-state index >= 15 is 0 Å². The minimum atomic E-state index is -0.260. The summed E-state index contributed by atoms with van der Waals surface area (Å²) < 4.78 is 13.4. The Morgan fingerprint density at radius 3 is 2.41 bits per heavy atom. The van der Waals surface area contributed by atoms with Gasteiger partial charge in [0.1, 0.15) is 5.82 Å². The summed E-state index contributed by atoms with van der Waals surface area (Å²) >= 11 is 0. The number of hydrogen-bond donors (Lipinski definition) is 1. The number of nitrogens with zero attached hydrogens (tertiary/aromatic N) is 2. The molecule has 1 aliphatic rings. The van der Waals surface area contributed by atoms with Crippen LogP contribution in [0.25, 0.3) is 0 Å². The number of benzene rings is 2. The fourth-order valence-corrected chi connectivity index (χ4v) is 3.86. The smallest absolute Gasteiger partial charge is 0.223 e. The molecule has 1 unspecified atom stereocenters. The molecule has 3 rings (SSSR count). The van der Waals surface area contributed by atoms with Crippen LogP contribution in [0.15, 0.2) is 48.5 Å². The zero-order valence-corrected chi connectivity index (χ0v) is 17.5. The summed E-state index contributed by atoms with van der Waals surface area (Å²) in [6.07, 6.45) is 0.535. The average molecular weight is 398 g/mol. The van der Waals surface area contributed by atoms with Gasteiger partial charge in [-0.1, -0.05) is 50.2 Å². The summed E-state index contributed by atoms with van der Waals surface area (Å²) in [5.41, 5.74) is 3.28. The summed E-state index contributed by atoms with van der Waals surface area (Å²) in [5.74, 6) is -0.462. The van der Waals surface area contributed by atoms with Crippen molar-refractivity contribution in [3.8, 4) is 0 Å². The number of hydrogen-bond acceptors (Lipinski definition) is 3. The van der Waals surface area contributed by atoms with Gasteiger partial charge < -0.3 is 10.2 Å². The van der Waals surface area contributed by atoms with Crippen LogP contribution in [-0.2, 0) is 24.3 Å². The first-order valence-electron chi connectivity index (χ1n) is 10.6. The second-order valence-electron chi connectivity index (χ2n) is 7.93. The van der Waals surface area contributed by atoms with E-state index in [0.717, 1.165) is 50.4 Å². The van der Waals surface area contributed by atoms with Crippen molar-refractivity contribution in [2.45, 2.75) is 33.4 Å². The molecule has 0 spiro atoms. The van der Waals surface area contributed by atoms with Crippen molar-refractivity contribution in [2.75, 3.05) is 32.7 Å². The number of amides is 1. The highest BCUT2D eigenvalue weighted by atomic mass is 19.1. The van der Waals surface area contributed by atoms with Crippen LogP contribution in [0.5, 0.6) is 0 Å². The van der Waals surface area contributed by atoms with E-state index < -0.39 is 0 Å². The molecule has 1 amide bonds. The third-order valence-corrected chi connectivity index (χ3v) is 5.76. The maximum absolute atomic E-state index is 13.4. The molecule has 1 aliphatic heterocycles. The third kappa shape index (κ3) is 6.38. The van der Waals surface area contributed by atoms with Crippen molar-refractivity contribution in [1.29, 1.82) is 0 Å². The molecule has 1 atom stereocenters. The number of halogens is 1. The lowest BCUT2D eigenvalue weighted by atomic mass is 10.00. The molecule has 2 aromatic carbocycles. The average Bonchev–Trinajstić information content (AvgIpc) is 2.73. The molecule has 1 heterocycles. The minimum Gasteiger partial charge on any atom is -0.352 e. The van der Waals surface area contributed by atoms with Crippen LogP contribution in [0.2, 0.25) is 0 Å². The van der Waals surface area contributed by atoms with Gasteiger partial charge in [-0.05, 0) is 41.8 Å². The summed E-state index contributed by atoms with van der Waals surface area (Å²) in [6, 6.07) is 14.8. The molecular weight excluding hydrogens is 365 g/mol. The topological polar surface area (TPSA) is 35.6 Å². The van der Waals surface area contributed by atoms with Crippen molar-refractivity contribution < 1.29 is 9.18 Å². The Morgan fingerprint density at radius 2 is 1.72 bits per heavy atom. The molecule has 1 N–H and O–H groups in total. The Balaban J connectivity index is 1.53. The lowest BCUT2D eigenvalue weighted by Crippen LogP contribution is -2.45. The maximum Gasteiger partial charge on any atom is 0.223 e. The molecule has 2 aromatic rings. The minimum absolute atomic E-state index is 0.000578. The predicted octanol–water partition coefficient (Wildman–Crippen LogP) is 3.46. The van der Waals surface area contributed by atoms with Gasteiger partial charge in [0.05, 0.1) is 0 Å². The van der Waals surface area contributed by atoms with Crippen LogP contribution in [0.4, 0.5) is 4.39 Å². The first-order valence-corrected chi connectivity index (χ1v) is 10.6. The van der Waals surface area contributed by atoms with Gasteiger partial charge in [0.15, 0.2) is 0 Å². The Labute approximate surface area is 173 Å². The maximum atomic E-state index is 13.4. The number of rotatable bonds is 8. The number of likely N-dealkylation sites (N-methyl/N-ethyl adjacent to an activating group) is 1. The van der Waals surface area contributed by atoms with E-state index in [0.29, 0.717) is 13.0 Å². The van der Waals surface area contributed by atoms with E-state index in [-0.39, 0.29) is 17.6 Å². The number of carbonyl (C=O) groups is 1. The molecule has 0 radical (unpaired) electrons. The summed E-state index contributed by atoms with van der Waals surface area (Å²) in [4.78, 5) is 17.5. The van der Waals surface area contributed by atoms with Gasteiger partial charge in [-0.2, -0.15) is 0 Å². The van der Waals surface area contributed by atoms with Crippen LogP contribution >= 0.6 is 0 Å². The summed E-state index contributed by atoms with van der Waals surface area (Å²) in [7, 11) is 0. The van der Waals surface area contributed by atoms with Crippen LogP contribution < -0.4 is 5.32 Å². The van der Waals surface area contributed by atoms with Gasteiger partial charge in [0.25, 0.3) is 0 Å². The van der Waals surface area contributed by atoms with Gasteiger partial charge in [0, 0.05) is 45.2 Å². The SMILES string of the molecule is CCN1CCN(Cc2ccccc2CNC(=O)C(C)Cc2cccc(F)c2)CC1. The van der Waals surface area contributed by atoms with E-state index in [1.54, 1.807) is 6.07 Å². The fourth-order valence-electron chi connectivity index (χ4n) is 3.86. The highest BCUT2D eigenvalue weighted by molar-refractivity contribution is 5.78. The van der Waals surface area contributed by atoms with E-state index in [2.05, 4.69) is 40.2 Å². The van der Waals surface area contributed by atoms with Crippen LogP contribution in [0.3, 0.4) is 0 Å². The van der Waals surface area contributed by atoms with Gasteiger partial charge >= 0.3 is 0 Å². The molecule has 156 valence electrons. The van der Waals surface area contributed by atoms with Crippen LogP contribution in [0, 0.1) is 11.7 Å². The molecule has 5 heteroatoms. The molecule has 1 saturated heterocycles. The van der Waals surface area contributed by atoms with Crippen LogP contribution in [0.1, 0.15) is 30.5 Å². The highest BCUT2D eigenvalue weighted by Gasteiger charge is 2.18. The van der Waals surface area contributed by atoms with E-state index in [1.807, 2.05) is 19.1 Å². The van der Waals surface area contributed by atoms with E-state index in [9.17, 15) is 9.18 Å².